The van der Waals surface area contributed by atoms with E-state index in [2.05, 4.69) is 95.0 Å². The van der Waals surface area contributed by atoms with E-state index in [1.165, 1.54) is 27.8 Å². The van der Waals surface area contributed by atoms with Crippen LogP contribution in [0.2, 0.25) is 0 Å². The van der Waals surface area contributed by atoms with Crippen molar-refractivity contribution in [2.24, 2.45) is 5.92 Å². The fourth-order valence-electron chi connectivity index (χ4n) is 5.46. The second-order valence-corrected chi connectivity index (χ2v) is 10.5. The van der Waals surface area contributed by atoms with E-state index in [0.29, 0.717) is 18.4 Å². The van der Waals surface area contributed by atoms with Gasteiger partial charge in [-0.25, -0.2) is 4.79 Å². The maximum Gasteiger partial charge on any atom is 0.334 e. The smallest absolute Gasteiger partial charge is 0.334 e. The van der Waals surface area contributed by atoms with Crippen molar-refractivity contribution < 1.29 is 9.53 Å². The van der Waals surface area contributed by atoms with Crippen LogP contribution < -0.4 is 0 Å². The van der Waals surface area contributed by atoms with Crippen LogP contribution in [0, 0.1) is 5.92 Å². The quantitative estimate of drug-likeness (QED) is 0.399. The molecule has 0 spiro atoms. The lowest BCUT2D eigenvalue weighted by atomic mass is 9.71. The Morgan fingerprint density at radius 3 is 2.09 bits per heavy atom. The minimum absolute atomic E-state index is 0.0733. The average Bonchev–Trinajstić information content (AvgIpc) is 3.13. The molecule has 2 unspecified atom stereocenters. The summed E-state index contributed by atoms with van der Waals surface area (Å²) in [5.74, 6) is 0.754. The first-order valence-electron chi connectivity index (χ1n) is 12.9. The van der Waals surface area contributed by atoms with Gasteiger partial charge >= 0.3 is 5.97 Å². The van der Waals surface area contributed by atoms with E-state index < -0.39 is 0 Å². The van der Waals surface area contributed by atoms with Crippen LogP contribution in [0.25, 0.3) is 6.08 Å². The Morgan fingerprint density at radius 2 is 1.54 bits per heavy atom. The summed E-state index contributed by atoms with van der Waals surface area (Å²) < 4.78 is 5.53. The van der Waals surface area contributed by atoms with Crippen LogP contribution in [0.3, 0.4) is 0 Å². The summed E-state index contributed by atoms with van der Waals surface area (Å²) in [6, 6.07) is 17.6. The van der Waals surface area contributed by atoms with Gasteiger partial charge in [-0.1, -0.05) is 101 Å². The second-order valence-electron chi connectivity index (χ2n) is 10.5. The molecular formula is C33H38O2. The third-order valence-corrected chi connectivity index (χ3v) is 7.45. The third-order valence-electron chi connectivity index (χ3n) is 7.45. The number of hydrogen-bond donors (Lipinski definition) is 0. The SMILES string of the molecule is C=C1C(=Cc2ccc(C(C)C)cc2)CC2=CC(C)=C(C(=O)OCC)C(c3ccc(C(C)C)cc3)C12. The van der Waals surface area contributed by atoms with Gasteiger partial charge in [0.2, 0.25) is 0 Å². The number of carbonyl (C=O) groups excluding carboxylic acids is 1. The van der Waals surface area contributed by atoms with Gasteiger partial charge in [0.1, 0.15) is 0 Å². The number of allylic oxidation sites excluding steroid dienone is 5. The van der Waals surface area contributed by atoms with Gasteiger partial charge in [-0.15, -0.1) is 0 Å². The van der Waals surface area contributed by atoms with Crippen molar-refractivity contribution in [1.82, 2.24) is 0 Å². The lowest BCUT2D eigenvalue weighted by Crippen LogP contribution is -2.25. The first kappa shape index (κ1) is 25.0. The Hall–Kier alpha value is -3.13. The van der Waals surface area contributed by atoms with Crippen LogP contribution in [-0.4, -0.2) is 12.6 Å². The Balaban J connectivity index is 1.75. The Bertz CT molecular complexity index is 1200. The van der Waals surface area contributed by atoms with E-state index in [0.717, 1.165) is 28.7 Å². The van der Waals surface area contributed by atoms with E-state index in [4.69, 9.17) is 4.74 Å². The van der Waals surface area contributed by atoms with E-state index in [-0.39, 0.29) is 17.8 Å². The highest BCUT2D eigenvalue weighted by Gasteiger charge is 2.42. The van der Waals surface area contributed by atoms with Gasteiger partial charge in [-0.2, -0.15) is 0 Å². The molecule has 182 valence electrons. The highest BCUT2D eigenvalue weighted by atomic mass is 16.5. The molecule has 2 aliphatic rings. The number of hydrogen-bond acceptors (Lipinski definition) is 2. The zero-order valence-corrected chi connectivity index (χ0v) is 22.0. The zero-order chi connectivity index (χ0) is 25.3. The molecule has 1 fully saturated rings. The lowest BCUT2D eigenvalue weighted by Gasteiger charge is -2.32. The number of esters is 1. The third kappa shape index (κ3) is 4.98. The maximum absolute atomic E-state index is 13.2. The molecule has 0 radical (unpaired) electrons. The monoisotopic (exact) mass is 466 g/mol. The minimum Gasteiger partial charge on any atom is -0.463 e. The van der Waals surface area contributed by atoms with E-state index in [1.54, 1.807) is 0 Å². The van der Waals surface area contributed by atoms with Crippen LogP contribution in [0.15, 0.2) is 89.1 Å². The van der Waals surface area contributed by atoms with Crippen molar-refractivity contribution in [3.63, 3.8) is 0 Å². The van der Waals surface area contributed by atoms with Gasteiger partial charge in [-0.05, 0) is 71.1 Å². The lowest BCUT2D eigenvalue weighted by molar-refractivity contribution is -0.139. The van der Waals surface area contributed by atoms with Crippen LogP contribution in [-0.2, 0) is 9.53 Å². The topological polar surface area (TPSA) is 26.3 Å². The van der Waals surface area contributed by atoms with E-state index in [9.17, 15) is 4.79 Å². The highest BCUT2D eigenvalue weighted by molar-refractivity contribution is 5.93. The molecule has 0 heterocycles. The first-order valence-corrected chi connectivity index (χ1v) is 12.9. The van der Waals surface area contributed by atoms with Crippen molar-refractivity contribution in [2.75, 3.05) is 6.61 Å². The van der Waals surface area contributed by atoms with Crippen molar-refractivity contribution in [3.05, 3.63) is 111 Å². The Morgan fingerprint density at radius 1 is 0.971 bits per heavy atom. The molecule has 0 saturated heterocycles. The number of carbonyl (C=O) groups is 1. The Labute approximate surface area is 211 Å². The van der Waals surface area contributed by atoms with Gasteiger partial charge in [0, 0.05) is 17.4 Å². The van der Waals surface area contributed by atoms with Crippen LogP contribution in [0.1, 0.15) is 88.0 Å². The van der Waals surface area contributed by atoms with Crippen LogP contribution in [0.4, 0.5) is 0 Å². The molecule has 2 atom stereocenters. The van der Waals surface area contributed by atoms with Crippen molar-refractivity contribution >= 4 is 12.0 Å². The van der Waals surface area contributed by atoms with Crippen molar-refractivity contribution in [1.29, 1.82) is 0 Å². The summed E-state index contributed by atoms with van der Waals surface area (Å²) in [5.41, 5.74) is 10.4. The number of fused-ring (bicyclic) bond motifs is 1. The van der Waals surface area contributed by atoms with Crippen molar-refractivity contribution in [2.45, 2.75) is 65.7 Å². The molecule has 2 heteroatoms. The van der Waals surface area contributed by atoms with Crippen LogP contribution in [0.5, 0.6) is 0 Å². The summed E-state index contributed by atoms with van der Waals surface area (Å²) in [4.78, 5) is 13.2. The molecule has 4 rings (SSSR count). The summed E-state index contributed by atoms with van der Waals surface area (Å²) >= 11 is 0. The molecule has 2 aromatic rings. The molecule has 0 aromatic heterocycles. The summed E-state index contributed by atoms with van der Waals surface area (Å²) in [7, 11) is 0. The predicted molar refractivity (Wildman–Crippen MR) is 146 cm³/mol. The fraction of sp³-hybridized carbons (Fsp3) is 0.364. The Kier molecular flexibility index (Phi) is 7.31. The molecule has 0 N–H and O–H groups in total. The van der Waals surface area contributed by atoms with Crippen molar-refractivity contribution in [3.8, 4) is 0 Å². The maximum atomic E-state index is 13.2. The molecular weight excluding hydrogens is 428 g/mol. The summed E-state index contributed by atoms with van der Waals surface area (Å²) in [5, 5.41) is 0. The molecule has 2 nitrogen and oxygen atoms in total. The van der Waals surface area contributed by atoms with Gasteiger partial charge in [0.15, 0.2) is 0 Å². The molecule has 1 saturated carbocycles. The van der Waals surface area contributed by atoms with Crippen LogP contribution >= 0.6 is 0 Å². The molecule has 2 aromatic carbocycles. The van der Waals surface area contributed by atoms with Gasteiger partial charge < -0.3 is 4.74 Å². The number of ether oxygens (including phenoxy) is 1. The summed E-state index contributed by atoms with van der Waals surface area (Å²) in [6.07, 6.45) is 5.33. The minimum atomic E-state index is -0.215. The fourth-order valence-corrected chi connectivity index (χ4v) is 5.46. The van der Waals surface area contributed by atoms with E-state index >= 15 is 0 Å². The molecule has 2 aliphatic carbocycles. The molecule has 0 bridgehead atoms. The van der Waals surface area contributed by atoms with E-state index in [1.807, 2.05) is 13.8 Å². The zero-order valence-electron chi connectivity index (χ0n) is 22.0. The van der Waals surface area contributed by atoms with Gasteiger partial charge in [0.05, 0.1) is 6.61 Å². The number of rotatable bonds is 6. The standard InChI is InChI=1S/C33H38O2/c1-8-35-33(34)30-22(6)17-29-19-28(18-24-9-11-25(12-10-24)20(2)3)23(7)31(29)32(30)27-15-13-26(14-16-27)21(4)5/h9-18,20-21,31-32H,7-8,19H2,1-6H3. The molecule has 0 amide bonds. The predicted octanol–water partition coefficient (Wildman–Crippen LogP) is 8.50. The normalized spacial score (nSPS) is 21.1. The number of benzene rings is 2. The van der Waals surface area contributed by atoms with Gasteiger partial charge in [-0.3, -0.25) is 0 Å². The highest BCUT2D eigenvalue weighted by Crippen LogP contribution is 2.53. The largest absolute Gasteiger partial charge is 0.463 e. The average molecular weight is 467 g/mol. The summed E-state index contributed by atoms with van der Waals surface area (Å²) in [6.45, 7) is 17.7. The second kappa shape index (κ2) is 10.2. The first-order chi connectivity index (χ1) is 16.7. The molecule has 35 heavy (non-hydrogen) atoms. The van der Waals surface area contributed by atoms with Gasteiger partial charge in [0.25, 0.3) is 0 Å². The molecule has 0 aliphatic heterocycles.